The van der Waals surface area contributed by atoms with Crippen molar-refractivity contribution in [1.29, 1.82) is 0 Å². The van der Waals surface area contributed by atoms with Gasteiger partial charge in [-0.15, -0.1) is 5.10 Å². The molecule has 0 atom stereocenters. The van der Waals surface area contributed by atoms with E-state index in [-0.39, 0.29) is 0 Å². The maximum Gasteiger partial charge on any atom is 0.226 e. The number of hydrogen-bond acceptors (Lipinski definition) is 3. The van der Waals surface area contributed by atoms with Crippen LogP contribution in [0.3, 0.4) is 0 Å². The Kier molecular flexibility index (Phi) is 3.11. The lowest BCUT2D eigenvalue weighted by Crippen LogP contribution is -2.01. The van der Waals surface area contributed by atoms with Crippen molar-refractivity contribution in [3.8, 4) is 0 Å². The van der Waals surface area contributed by atoms with Crippen molar-refractivity contribution in [3.63, 3.8) is 0 Å². The highest BCUT2D eigenvalue weighted by atomic mass is 79.9. The maximum atomic E-state index is 13.5. The first-order valence-corrected chi connectivity index (χ1v) is 5.52. The van der Waals surface area contributed by atoms with Crippen molar-refractivity contribution >= 4 is 39.2 Å². The number of nitrogens with zero attached hydrogens (tertiary/aromatic N) is 3. The van der Waals surface area contributed by atoms with E-state index in [4.69, 9.17) is 11.6 Å². The van der Waals surface area contributed by atoms with E-state index in [1.807, 2.05) is 0 Å². The molecule has 0 spiro atoms. The molecule has 84 valence electrons. The molecule has 16 heavy (non-hydrogen) atoms. The van der Waals surface area contributed by atoms with Crippen LogP contribution in [0.4, 0.5) is 16.0 Å². The lowest BCUT2D eigenvalue weighted by molar-refractivity contribution is 0.631. The van der Waals surface area contributed by atoms with Gasteiger partial charge in [-0.3, -0.25) is 0 Å². The number of rotatable bonds is 2. The molecule has 0 bridgehead atoms. The molecule has 0 radical (unpaired) electrons. The van der Waals surface area contributed by atoms with E-state index in [0.717, 1.165) is 0 Å². The minimum Gasteiger partial charge on any atom is -0.322 e. The molecule has 0 saturated heterocycles. The third-order valence-corrected chi connectivity index (χ3v) is 2.49. The maximum absolute atomic E-state index is 13.5. The van der Waals surface area contributed by atoms with Gasteiger partial charge < -0.3 is 5.32 Å². The molecule has 4 nitrogen and oxygen atoms in total. The first-order chi connectivity index (χ1) is 7.56. The van der Waals surface area contributed by atoms with Crippen molar-refractivity contribution in [2.45, 2.75) is 0 Å². The van der Waals surface area contributed by atoms with Gasteiger partial charge in [0.2, 0.25) is 10.7 Å². The molecule has 7 heteroatoms. The fourth-order valence-corrected chi connectivity index (χ4v) is 1.74. The molecule has 0 aliphatic carbocycles. The normalized spacial score (nSPS) is 10.5. The molecule has 0 aliphatic heterocycles. The highest BCUT2D eigenvalue weighted by molar-refractivity contribution is 9.10. The summed E-state index contributed by atoms with van der Waals surface area (Å²) in [7, 11) is 1.70. The van der Waals surface area contributed by atoms with E-state index in [2.05, 4.69) is 31.3 Å². The predicted molar refractivity (Wildman–Crippen MR) is 63.4 cm³/mol. The van der Waals surface area contributed by atoms with E-state index in [1.165, 1.54) is 10.7 Å². The molecule has 2 aromatic rings. The Hall–Kier alpha value is -1.14. The van der Waals surface area contributed by atoms with Crippen LogP contribution in [0, 0.1) is 5.82 Å². The third-order valence-electron chi connectivity index (χ3n) is 1.91. The zero-order valence-corrected chi connectivity index (χ0v) is 10.5. The van der Waals surface area contributed by atoms with Crippen molar-refractivity contribution in [2.75, 3.05) is 5.32 Å². The lowest BCUT2D eigenvalue weighted by atomic mass is 10.3. The van der Waals surface area contributed by atoms with Crippen LogP contribution in [-0.2, 0) is 7.05 Å². The number of benzene rings is 1. The van der Waals surface area contributed by atoms with E-state index in [9.17, 15) is 4.39 Å². The van der Waals surface area contributed by atoms with Gasteiger partial charge in [-0.2, -0.15) is 4.98 Å². The summed E-state index contributed by atoms with van der Waals surface area (Å²) in [6.07, 6.45) is 0. The van der Waals surface area contributed by atoms with Crippen LogP contribution < -0.4 is 5.32 Å². The summed E-state index contributed by atoms with van der Waals surface area (Å²) in [5, 5.41) is 7.13. The second-order valence-corrected chi connectivity index (χ2v) is 4.22. The number of halogens is 3. The van der Waals surface area contributed by atoms with Crippen LogP contribution >= 0.6 is 27.5 Å². The smallest absolute Gasteiger partial charge is 0.226 e. The van der Waals surface area contributed by atoms with Crippen molar-refractivity contribution in [2.24, 2.45) is 7.05 Å². The summed E-state index contributed by atoms with van der Waals surface area (Å²) in [5.74, 6) is -0.000259. The molecule has 1 heterocycles. The summed E-state index contributed by atoms with van der Waals surface area (Å²) in [4.78, 5) is 4.03. The van der Waals surface area contributed by atoms with Gasteiger partial charge >= 0.3 is 0 Å². The average Bonchev–Trinajstić information content (AvgIpc) is 2.50. The Bertz CT molecular complexity index is 528. The van der Waals surface area contributed by atoms with Crippen LogP contribution in [0.2, 0.25) is 5.02 Å². The Morgan fingerprint density at radius 2 is 2.25 bits per heavy atom. The highest BCUT2D eigenvalue weighted by Gasteiger charge is 2.08. The Labute approximate surface area is 105 Å². The number of aryl methyl sites for hydroxylation is 1. The summed E-state index contributed by atoms with van der Waals surface area (Å²) in [6, 6.07) is 4.37. The van der Waals surface area contributed by atoms with Gasteiger partial charge in [0.1, 0.15) is 5.82 Å². The molecular weight excluding hydrogens is 298 g/mol. The van der Waals surface area contributed by atoms with E-state index in [0.29, 0.717) is 21.4 Å². The Morgan fingerprint density at radius 3 is 2.81 bits per heavy atom. The standard InChI is InChI=1S/C9H7BrClFN4/c1-16-9(14-8(10)15-16)13-7-3-2-5(11)4-6(7)12/h2-4H,1H3,(H,13,14,15). The first kappa shape index (κ1) is 11.3. The SMILES string of the molecule is Cn1nc(Br)nc1Nc1ccc(Cl)cc1F. The summed E-state index contributed by atoms with van der Waals surface area (Å²) >= 11 is 8.78. The van der Waals surface area contributed by atoms with E-state index < -0.39 is 5.82 Å². The molecular formula is C9H7BrClFN4. The fraction of sp³-hybridized carbons (Fsp3) is 0.111. The van der Waals surface area contributed by atoms with Gasteiger partial charge in [0, 0.05) is 12.1 Å². The van der Waals surface area contributed by atoms with Crippen molar-refractivity contribution in [3.05, 3.63) is 33.8 Å². The minimum atomic E-state index is -0.438. The molecule has 0 aliphatic rings. The quantitative estimate of drug-likeness (QED) is 0.927. The van der Waals surface area contributed by atoms with Crippen molar-refractivity contribution < 1.29 is 4.39 Å². The second kappa shape index (κ2) is 4.39. The number of aromatic nitrogens is 3. The van der Waals surface area contributed by atoms with Crippen LogP contribution in [-0.4, -0.2) is 14.8 Å². The Balaban J connectivity index is 2.30. The molecule has 0 saturated carbocycles. The van der Waals surface area contributed by atoms with Crippen LogP contribution in [0.1, 0.15) is 0 Å². The second-order valence-electron chi connectivity index (χ2n) is 3.08. The zero-order valence-electron chi connectivity index (χ0n) is 8.21. The number of nitrogens with one attached hydrogen (secondary N) is 1. The number of anilines is 2. The number of hydrogen-bond donors (Lipinski definition) is 1. The molecule has 0 unspecified atom stereocenters. The van der Waals surface area contributed by atoms with E-state index in [1.54, 1.807) is 19.2 Å². The van der Waals surface area contributed by atoms with Crippen LogP contribution in [0.5, 0.6) is 0 Å². The molecule has 2 rings (SSSR count). The average molecular weight is 306 g/mol. The molecule has 1 aromatic heterocycles. The molecule has 1 aromatic carbocycles. The van der Waals surface area contributed by atoms with Crippen LogP contribution in [0.15, 0.2) is 22.9 Å². The predicted octanol–water partition coefficient (Wildman–Crippen LogP) is 3.11. The van der Waals surface area contributed by atoms with Gasteiger partial charge in [0.15, 0.2) is 0 Å². The van der Waals surface area contributed by atoms with E-state index >= 15 is 0 Å². The van der Waals surface area contributed by atoms with Crippen molar-refractivity contribution in [1.82, 2.24) is 14.8 Å². The summed E-state index contributed by atoms with van der Waals surface area (Å²) in [6.45, 7) is 0. The topological polar surface area (TPSA) is 42.7 Å². The monoisotopic (exact) mass is 304 g/mol. The summed E-state index contributed by atoms with van der Waals surface area (Å²) < 4.78 is 15.4. The molecule has 1 N–H and O–H groups in total. The first-order valence-electron chi connectivity index (χ1n) is 4.35. The third kappa shape index (κ3) is 2.33. The van der Waals surface area contributed by atoms with Crippen LogP contribution in [0.25, 0.3) is 0 Å². The largest absolute Gasteiger partial charge is 0.322 e. The van der Waals surface area contributed by atoms with Gasteiger partial charge in [-0.1, -0.05) is 11.6 Å². The van der Waals surface area contributed by atoms with Gasteiger partial charge in [0.25, 0.3) is 0 Å². The molecule has 0 amide bonds. The lowest BCUT2D eigenvalue weighted by Gasteiger charge is -2.05. The highest BCUT2D eigenvalue weighted by Crippen LogP contribution is 2.22. The fourth-order valence-electron chi connectivity index (χ4n) is 1.17. The summed E-state index contributed by atoms with van der Waals surface area (Å²) in [5.41, 5.74) is 0.299. The van der Waals surface area contributed by atoms with Gasteiger partial charge in [0.05, 0.1) is 5.69 Å². The Morgan fingerprint density at radius 1 is 1.50 bits per heavy atom. The zero-order chi connectivity index (χ0) is 11.7. The van der Waals surface area contributed by atoms with Gasteiger partial charge in [-0.25, -0.2) is 9.07 Å². The van der Waals surface area contributed by atoms with Gasteiger partial charge in [-0.05, 0) is 34.1 Å². The minimum absolute atomic E-state index is 0.299. The molecule has 0 fully saturated rings.